The zero-order valence-corrected chi connectivity index (χ0v) is 10.3. The number of imidazole rings is 1. The number of aromatic amines is 1. The van der Waals surface area contributed by atoms with E-state index in [9.17, 15) is 0 Å². The molecule has 0 aromatic carbocycles. The summed E-state index contributed by atoms with van der Waals surface area (Å²) in [7, 11) is 0. The van der Waals surface area contributed by atoms with Crippen LogP contribution >= 0.6 is 0 Å². The molecule has 2 aromatic rings. The number of nitrogens with zero attached hydrogens (tertiary/aromatic N) is 2. The first kappa shape index (κ1) is 11.4. The summed E-state index contributed by atoms with van der Waals surface area (Å²) in [6.45, 7) is 3.67. The van der Waals surface area contributed by atoms with Crippen LogP contribution in [0.2, 0.25) is 0 Å². The van der Waals surface area contributed by atoms with Gasteiger partial charge >= 0.3 is 0 Å². The number of fused-ring (bicyclic) bond motifs is 1. The quantitative estimate of drug-likeness (QED) is 0.844. The van der Waals surface area contributed by atoms with Crippen LogP contribution < -0.4 is 10.5 Å². The second-order valence-electron chi connectivity index (χ2n) is 4.50. The highest BCUT2D eigenvalue weighted by Gasteiger charge is 2.35. The molecule has 0 radical (unpaired) electrons. The monoisotopic (exact) mass is 248 g/mol. The summed E-state index contributed by atoms with van der Waals surface area (Å²) in [5, 5.41) is 0. The Balaban J connectivity index is 2.00. The fraction of sp³-hybridized carbons (Fsp3) is 0.500. The predicted molar refractivity (Wildman–Crippen MR) is 66.4 cm³/mol. The minimum absolute atomic E-state index is 0.491. The van der Waals surface area contributed by atoms with Crippen LogP contribution in [-0.4, -0.2) is 34.8 Å². The number of rotatable bonds is 3. The highest BCUT2D eigenvalue weighted by molar-refractivity contribution is 5.71. The predicted octanol–water partition coefficient (Wildman–Crippen LogP) is 0.931. The minimum atomic E-state index is -0.521. The van der Waals surface area contributed by atoms with Crippen molar-refractivity contribution in [3.05, 3.63) is 18.0 Å². The van der Waals surface area contributed by atoms with E-state index >= 15 is 0 Å². The molecule has 1 fully saturated rings. The van der Waals surface area contributed by atoms with Gasteiger partial charge in [0.05, 0.1) is 18.7 Å². The van der Waals surface area contributed by atoms with Crippen LogP contribution in [0.25, 0.3) is 11.2 Å². The van der Waals surface area contributed by atoms with E-state index in [1.54, 1.807) is 0 Å². The third-order valence-corrected chi connectivity index (χ3v) is 3.14. The lowest BCUT2D eigenvalue weighted by Crippen LogP contribution is -2.38. The fourth-order valence-electron chi connectivity index (χ4n) is 2.11. The first-order valence-corrected chi connectivity index (χ1v) is 6.08. The van der Waals surface area contributed by atoms with Gasteiger partial charge in [-0.1, -0.05) is 0 Å². The van der Waals surface area contributed by atoms with Gasteiger partial charge < -0.3 is 20.2 Å². The number of nitrogens with one attached hydrogen (secondary N) is 1. The molecule has 0 amide bonds. The van der Waals surface area contributed by atoms with Crippen molar-refractivity contribution in [3.8, 4) is 5.88 Å². The van der Waals surface area contributed by atoms with Gasteiger partial charge in [-0.2, -0.15) is 4.98 Å². The highest BCUT2D eigenvalue weighted by Crippen LogP contribution is 2.27. The number of pyridine rings is 1. The molecule has 3 rings (SSSR count). The van der Waals surface area contributed by atoms with Gasteiger partial charge in [-0.25, -0.2) is 4.98 Å². The van der Waals surface area contributed by atoms with Crippen molar-refractivity contribution in [2.45, 2.75) is 18.9 Å². The minimum Gasteiger partial charge on any atom is -0.478 e. The van der Waals surface area contributed by atoms with Crippen LogP contribution in [0.1, 0.15) is 19.2 Å². The van der Waals surface area contributed by atoms with Crippen molar-refractivity contribution in [2.24, 2.45) is 5.73 Å². The standard InChI is InChI=1S/C12H16N4O2/c1-2-18-9-4-3-8-10(15-9)16-11(14-8)12(13)5-6-17-7-12/h3-4H,2,5-7,13H2,1H3,(H,14,15,16). The number of H-pyrrole nitrogens is 1. The lowest BCUT2D eigenvalue weighted by atomic mass is 10.00. The zero-order valence-electron chi connectivity index (χ0n) is 10.3. The summed E-state index contributed by atoms with van der Waals surface area (Å²) in [4.78, 5) is 12.0. The van der Waals surface area contributed by atoms with Gasteiger partial charge in [-0.15, -0.1) is 0 Å². The van der Waals surface area contributed by atoms with Crippen LogP contribution in [0.3, 0.4) is 0 Å². The number of nitrogens with two attached hydrogens (primary N) is 1. The van der Waals surface area contributed by atoms with E-state index < -0.39 is 5.54 Å². The van der Waals surface area contributed by atoms with Crippen molar-refractivity contribution >= 4 is 11.2 Å². The van der Waals surface area contributed by atoms with E-state index in [0.717, 1.165) is 17.8 Å². The largest absolute Gasteiger partial charge is 0.478 e. The lowest BCUT2D eigenvalue weighted by Gasteiger charge is -2.17. The molecule has 1 atom stereocenters. The van der Waals surface area contributed by atoms with E-state index in [2.05, 4.69) is 15.0 Å². The van der Waals surface area contributed by atoms with E-state index in [4.69, 9.17) is 15.2 Å². The maximum Gasteiger partial charge on any atom is 0.215 e. The number of hydrogen-bond donors (Lipinski definition) is 2. The summed E-state index contributed by atoms with van der Waals surface area (Å²) < 4.78 is 10.7. The molecule has 1 unspecified atom stereocenters. The van der Waals surface area contributed by atoms with E-state index in [1.807, 2.05) is 19.1 Å². The third kappa shape index (κ3) is 1.83. The molecule has 0 bridgehead atoms. The lowest BCUT2D eigenvalue weighted by molar-refractivity contribution is 0.176. The average Bonchev–Trinajstić information content (AvgIpc) is 2.96. The first-order chi connectivity index (χ1) is 8.71. The summed E-state index contributed by atoms with van der Waals surface area (Å²) in [6.07, 6.45) is 0.769. The van der Waals surface area contributed by atoms with E-state index in [0.29, 0.717) is 31.3 Å². The normalized spacial score (nSPS) is 23.7. The molecule has 3 heterocycles. The molecular weight excluding hydrogens is 232 g/mol. The number of hydrogen-bond acceptors (Lipinski definition) is 5. The Labute approximate surface area is 105 Å². The van der Waals surface area contributed by atoms with Crippen LogP contribution in [0.5, 0.6) is 5.88 Å². The van der Waals surface area contributed by atoms with Crippen LogP contribution in [0.15, 0.2) is 12.1 Å². The van der Waals surface area contributed by atoms with Gasteiger partial charge in [0.25, 0.3) is 0 Å². The van der Waals surface area contributed by atoms with Crippen LogP contribution in [-0.2, 0) is 10.3 Å². The molecule has 0 saturated carbocycles. The van der Waals surface area contributed by atoms with Gasteiger partial charge in [0.15, 0.2) is 5.65 Å². The molecular formula is C12H16N4O2. The van der Waals surface area contributed by atoms with Crippen molar-refractivity contribution < 1.29 is 9.47 Å². The maximum atomic E-state index is 6.26. The summed E-state index contributed by atoms with van der Waals surface area (Å²) in [6, 6.07) is 3.73. The van der Waals surface area contributed by atoms with Crippen molar-refractivity contribution in [3.63, 3.8) is 0 Å². The van der Waals surface area contributed by atoms with E-state index in [1.165, 1.54) is 0 Å². The Hall–Kier alpha value is -1.66. The maximum absolute atomic E-state index is 6.26. The Morgan fingerprint density at radius 2 is 2.39 bits per heavy atom. The average molecular weight is 248 g/mol. The molecule has 6 heteroatoms. The Morgan fingerprint density at radius 3 is 3.11 bits per heavy atom. The van der Waals surface area contributed by atoms with Crippen LogP contribution in [0, 0.1) is 0 Å². The fourth-order valence-corrected chi connectivity index (χ4v) is 2.11. The first-order valence-electron chi connectivity index (χ1n) is 6.08. The molecule has 6 nitrogen and oxygen atoms in total. The Bertz CT molecular complexity index is 560. The Morgan fingerprint density at radius 1 is 1.50 bits per heavy atom. The number of ether oxygens (including phenoxy) is 2. The molecule has 2 aromatic heterocycles. The van der Waals surface area contributed by atoms with Crippen LogP contribution in [0.4, 0.5) is 0 Å². The SMILES string of the molecule is CCOc1ccc2[nH]c(C3(N)CCOC3)nc2n1. The highest BCUT2D eigenvalue weighted by atomic mass is 16.5. The molecule has 0 aliphatic carbocycles. The van der Waals surface area contributed by atoms with Crippen molar-refractivity contribution in [1.29, 1.82) is 0 Å². The molecule has 1 saturated heterocycles. The zero-order chi connectivity index (χ0) is 12.6. The molecule has 1 aliphatic heterocycles. The Kier molecular flexibility index (Phi) is 2.68. The van der Waals surface area contributed by atoms with Gasteiger partial charge in [0, 0.05) is 12.7 Å². The van der Waals surface area contributed by atoms with Gasteiger partial charge in [-0.05, 0) is 19.4 Å². The smallest absolute Gasteiger partial charge is 0.215 e. The molecule has 3 N–H and O–H groups in total. The van der Waals surface area contributed by atoms with E-state index in [-0.39, 0.29) is 0 Å². The van der Waals surface area contributed by atoms with Gasteiger partial charge in [0.2, 0.25) is 5.88 Å². The number of aromatic nitrogens is 3. The summed E-state index contributed by atoms with van der Waals surface area (Å²) >= 11 is 0. The summed E-state index contributed by atoms with van der Waals surface area (Å²) in [5.74, 6) is 1.31. The second-order valence-corrected chi connectivity index (χ2v) is 4.50. The summed E-state index contributed by atoms with van der Waals surface area (Å²) in [5.41, 5.74) is 7.24. The third-order valence-electron chi connectivity index (χ3n) is 3.14. The van der Waals surface area contributed by atoms with Crippen molar-refractivity contribution in [2.75, 3.05) is 19.8 Å². The molecule has 0 spiro atoms. The van der Waals surface area contributed by atoms with Gasteiger partial charge in [-0.3, -0.25) is 0 Å². The molecule has 96 valence electrons. The molecule has 1 aliphatic rings. The topological polar surface area (TPSA) is 86.0 Å². The molecule has 18 heavy (non-hydrogen) atoms. The van der Waals surface area contributed by atoms with Crippen molar-refractivity contribution in [1.82, 2.24) is 15.0 Å². The van der Waals surface area contributed by atoms with Gasteiger partial charge in [0.1, 0.15) is 11.4 Å². The second kappa shape index (κ2) is 4.22.